The molecule has 20 heavy (non-hydrogen) atoms. The zero-order chi connectivity index (χ0) is 14.8. The Morgan fingerprint density at radius 3 is 2.20 bits per heavy atom. The molecule has 3 nitrogen and oxygen atoms in total. The summed E-state index contributed by atoms with van der Waals surface area (Å²) >= 11 is 11.7. The van der Waals surface area contributed by atoms with E-state index < -0.39 is 15.1 Å². The molecule has 2 N–H and O–H groups in total. The van der Waals surface area contributed by atoms with Gasteiger partial charge in [-0.2, -0.15) is 0 Å². The summed E-state index contributed by atoms with van der Waals surface area (Å²) < 4.78 is 25.2. The Balaban J connectivity index is 2.47. The first-order valence-electron chi connectivity index (χ1n) is 5.90. The van der Waals surface area contributed by atoms with Crippen molar-refractivity contribution in [3.05, 3.63) is 64.1 Å². The second-order valence-electron chi connectivity index (χ2n) is 4.28. The average molecular weight is 330 g/mol. The largest absolute Gasteiger partial charge is 0.329 e. The maximum atomic E-state index is 12.6. The molecule has 0 heterocycles. The minimum atomic E-state index is -3.58. The van der Waals surface area contributed by atoms with Crippen LogP contribution in [0.5, 0.6) is 0 Å². The van der Waals surface area contributed by atoms with Gasteiger partial charge in [0.15, 0.2) is 9.84 Å². The van der Waals surface area contributed by atoms with E-state index in [-0.39, 0.29) is 11.4 Å². The van der Waals surface area contributed by atoms with Crippen LogP contribution in [0.1, 0.15) is 10.8 Å². The molecule has 0 aromatic heterocycles. The van der Waals surface area contributed by atoms with E-state index in [4.69, 9.17) is 28.9 Å². The molecule has 0 radical (unpaired) electrons. The predicted octanol–water partition coefficient (Wildman–Crippen LogP) is 3.47. The zero-order valence-corrected chi connectivity index (χ0v) is 12.8. The van der Waals surface area contributed by atoms with Crippen LogP contribution in [0.15, 0.2) is 53.4 Å². The van der Waals surface area contributed by atoms with Gasteiger partial charge in [0, 0.05) is 16.6 Å². The van der Waals surface area contributed by atoms with Crippen LogP contribution in [-0.4, -0.2) is 15.0 Å². The van der Waals surface area contributed by atoms with E-state index in [9.17, 15) is 8.42 Å². The van der Waals surface area contributed by atoms with Crippen LogP contribution in [0, 0.1) is 0 Å². The fraction of sp³-hybridized carbons (Fsp3) is 0.143. The molecule has 106 valence electrons. The topological polar surface area (TPSA) is 60.2 Å². The second-order valence-corrected chi connectivity index (χ2v) is 7.28. The number of rotatable bonds is 4. The van der Waals surface area contributed by atoms with Gasteiger partial charge in [0.2, 0.25) is 0 Å². The van der Waals surface area contributed by atoms with E-state index >= 15 is 0 Å². The first kappa shape index (κ1) is 15.3. The third-order valence-electron chi connectivity index (χ3n) is 2.95. The summed E-state index contributed by atoms with van der Waals surface area (Å²) in [5.74, 6) is 0. The summed E-state index contributed by atoms with van der Waals surface area (Å²) in [5, 5.41) is 0.130. The minimum absolute atomic E-state index is 0.0225. The highest BCUT2D eigenvalue weighted by atomic mass is 35.5. The van der Waals surface area contributed by atoms with Crippen molar-refractivity contribution in [2.75, 3.05) is 6.54 Å². The lowest BCUT2D eigenvalue weighted by Gasteiger charge is -2.16. The lowest BCUT2D eigenvalue weighted by Crippen LogP contribution is -2.22. The lowest BCUT2D eigenvalue weighted by atomic mass is 10.1. The van der Waals surface area contributed by atoms with Crippen molar-refractivity contribution in [1.29, 1.82) is 0 Å². The molecule has 2 aromatic carbocycles. The first-order chi connectivity index (χ1) is 9.45. The maximum Gasteiger partial charge on any atom is 0.186 e. The quantitative estimate of drug-likeness (QED) is 0.934. The molecule has 0 saturated heterocycles. The molecule has 0 fully saturated rings. The minimum Gasteiger partial charge on any atom is -0.329 e. The second kappa shape index (κ2) is 6.14. The van der Waals surface area contributed by atoms with Crippen LogP contribution in [0.2, 0.25) is 10.0 Å². The summed E-state index contributed by atoms with van der Waals surface area (Å²) in [6, 6.07) is 12.8. The summed E-state index contributed by atoms with van der Waals surface area (Å²) in [6.45, 7) is -0.0225. The van der Waals surface area contributed by atoms with Gasteiger partial charge in [-0.1, -0.05) is 35.3 Å². The average Bonchev–Trinajstić information content (AvgIpc) is 2.40. The van der Waals surface area contributed by atoms with Crippen molar-refractivity contribution in [2.45, 2.75) is 10.1 Å². The molecule has 1 atom stereocenters. The third kappa shape index (κ3) is 3.15. The number of hydrogen-bond donors (Lipinski definition) is 1. The highest BCUT2D eigenvalue weighted by Crippen LogP contribution is 2.30. The van der Waals surface area contributed by atoms with Gasteiger partial charge < -0.3 is 5.73 Å². The molecular formula is C14H13Cl2NO2S. The van der Waals surface area contributed by atoms with Crippen LogP contribution < -0.4 is 5.73 Å². The monoisotopic (exact) mass is 329 g/mol. The van der Waals surface area contributed by atoms with E-state index in [0.29, 0.717) is 15.6 Å². The molecule has 2 rings (SSSR count). The number of halogens is 2. The van der Waals surface area contributed by atoms with Gasteiger partial charge in [0.25, 0.3) is 0 Å². The SMILES string of the molecule is NC[C@@H](c1cccc(Cl)c1)S(=O)(=O)c1ccc(Cl)cc1. The van der Waals surface area contributed by atoms with E-state index in [1.54, 1.807) is 36.4 Å². The van der Waals surface area contributed by atoms with Crippen molar-refractivity contribution >= 4 is 33.0 Å². The number of hydrogen-bond acceptors (Lipinski definition) is 3. The number of benzene rings is 2. The van der Waals surface area contributed by atoms with E-state index in [2.05, 4.69) is 0 Å². The van der Waals surface area contributed by atoms with Crippen LogP contribution in [0.25, 0.3) is 0 Å². The molecule has 0 aliphatic heterocycles. The fourth-order valence-electron chi connectivity index (χ4n) is 1.94. The van der Waals surface area contributed by atoms with Gasteiger partial charge in [-0.15, -0.1) is 0 Å². The Labute approximate surface area is 128 Å². The number of nitrogens with two attached hydrogens (primary N) is 1. The normalized spacial score (nSPS) is 13.2. The van der Waals surface area contributed by atoms with E-state index in [1.165, 1.54) is 12.1 Å². The summed E-state index contributed by atoms with van der Waals surface area (Å²) in [5.41, 5.74) is 6.24. The van der Waals surface area contributed by atoms with Gasteiger partial charge in [0.1, 0.15) is 5.25 Å². The fourth-order valence-corrected chi connectivity index (χ4v) is 3.86. The Morgan fingerprint density at radius 1 is 1.00 bits per heavy atom. The predicted molar refractivity (Wildman–Crippen MR) is 81.9 cm³/mol. The van der Waals surface area contributed by atoms with Crippen LogP contribution in [0.4, 0.5) is 0 Å². The van der Waals surface area contributed by atoms with Crippen molar-refractivity contribution in [3.63, 3.8) is 0 Å². The Kier molecular flexibility index (Phi) is 4.70. The van der Waals surface area contributed by atoms with Crippen LogP contribution in [-0.2, 0) is 9.84 Å². The smallest absolute Gasteiger partial charge is 0.186 e. The highest BCUT2D eigenvalue weighted by molar-refractivity contribution is 7.91. The van der Waals surface area contributed by atoms with Crippen LogP contribution in [0.3, 0.4) is 0 Å². The Bertz CT molecular complexity index is 699. The standard InChI is InChI=1S/C14H13Cl2NO2S/c15-11-4-6-13(7-5-11)20(18,19)14(9-17)10-2-1-3-12(16)8-10/h1-8,14H,9,17H2/t14-/m0/s1. The molecule has 0 aliphatic carbocycles. The molecule has 0 aliphatic rings. The Morgan fingerprint density at radius 2 is 1.65 bits per heavy atom. The van der Waals surface area contributed by atoms with Crippen molar-refractivity contribution in [1.82, 2.24) is 0 Å². The van der Waals surface area contributed by atoms with E-state index in [0.717, 1.165) is 0 Å². The van der Waals surface area contributed by atoms with Gasteiger partial charge in [-0.25, -0.2) is 8.42 Å². The maximum absolute atomic E-state index is 12.6. The summed E-state index contributed by atoms with van der Waals surface area (Å²) in [7, 11) is -3.58. The molecular weight excluding hydrogens is 317 g/mol. The molecule has 0 saturated carbocycles. The first-order valence-corrected chi connectivity index (χ1v) is 8.20. The van der Waals surface area contributed by atoms with Gasteiger partial charge in [-0.3, -0.25) is 0 Å². The Hall–Kier alpha value is -1.07. The highest BCUT2D eigenvalue weighted by Gasteiger charge is 2.28. The molecule has 0 amide bonds. The summed E-state index contributed by atoms with van der Waals surface area (Å²) in [6.07, 6.45) is 0. The number of sulfone groups is 1. The molecule has 2 aromatic rings. The summed E-state index contributed by atoms with van der Waals surface area (Å²) in [4.78, 5) is 0.192. The molecule has 0 bridgehead atoms. The zero-order valence-electron chi connectivity index (χ0n) is 10.5. The van der Waals surface area contributed by atoms with Gasteiger partial charge >= 0.3 is 0 Å². The van der Waals surface area contributed by atoms with Crippen molar-refractivity contribution < 1.29 is 8.42 Å². The molecule has 0 spiro atoms. The van der Waals surface area contributed by atoms with Crippen molar-refractivity contribution in [2.24, 2.45) is 5.73 Å². The lowest BCUT2D eigenvalue weighted by molar-refractivity contribution is 0.582. The van der Waals surface area contributed by atoms with Crippen molar-refractivity contribution in [3.8, 4) is 0 Å². The molecule has 6 heteroatoms. The third-order valence-corrected chi connectivity index (χ3v) is 5.58. The van der Waals surface area contributed by atoms with Gasteiger partial charge in [0.05, 0.1) is 4.90 Å². The van der Waals surface area contributed by atoms with Crippen LogP contribution >= 0.6 is 23.2 Å². The molecule has 0 unspecified atom stereocenters. The van der Waals surface area contributed by atoms with Gasteiger partial charge in [-0.05, 0) is 42.0 Å². The van der Waals surface area contributed by atoms with E-state index in [1.807, 2.05) is 0 Å².